The maximum Gasteiger partial charge on any atom is 0.180 e. The average molecular weight is 464 g/mol. The molecule has 0 radical (unpaired) electrons. The number of carbonyl (C=O) groups is 3. The number of Topliss-reactive ketones (excluding diaryl/α,β-unsaturated/α-hetero) is 3. The molecule has 3 atom stereocenters. The summed E-state index contributed by atoms with van der Waals surface area (Å²) in [6.07, 6.45) is 3.92. The molecule has 5 nitrogen and oxygen atoms in total. The Labute approximate surface area is 204 Å². The highest BCUT2D eigenvalue weighted by Gasteiger charge is 2.71. The van der Waals surface area contributed by atoms with Crippen molar-refractivity contribution in [1.29, 1.82) is 0 Å². The number of benzene rings is 3. The van der Waals surface area contributed by atoms with Crippen LogP contribution in [0.25, 0.3) is 6.08 Å². The molecule has 1 unspecified atom stereocenters. The second-order valence-electron chi connectivity index (χ2n) is 9.65. The molecule has 0 aromatic heterocycles. The van der Waals surface area contributed by atoms with E-state index in [2.05, 4.69) is 0 Å². The highest BCUT2D eigenvalue weighted by atomic mass is 16.5. The number of rotatable bonds is 3. The Kier molecular flexibility index (Phi) is 4.62. The fourth-order valence-corrected chi connectivity index (χ4v) is 6.41. The van der Waals surface area contributed by atoms with E-state index in [4.69, 9.17) is 4.74 Å². The van der Waals surface area contributed by atoms with Crippen molar-refractivity contribution in [2.75, 3.05) is 12.0 Å². The van der Waals surface area contributed by atoms with Gasteiger partial charge in [0.25, 0.3) is 0 Å². The van der Waals surface area contributed by atoms with Crippen molar-refractivity contribution in [3.05, 3.63) is 101 Å². The van der Waals surface area contributed by atoms with E-state index in [9.17, 15) is 14.4 Å². The third kappa shape index (κ3) is 2.72. The third-order valence-electron chi connectivity index (χ3n) is 7.85. The summed E-state index contributed by atoms with van der Waals surface area (Å²) >= 11 is 0. The maximum absolute atomic E-state index is 14.3. The van der Waals surface area contributed by atoms with Gasteiger partial charge in [0.15, 0.2) is 17.3 Å². The topological polar surface area (TPSA) is 63.7 Å². The number of ketones is 3. The summed E-state index contributed by atoms with van der Waals surface area (Å²) in [4.78, 5) is 44.1. The van der Waals surface area contributed by atoms with Gasteiger partial charge in [0.05, 0.1) is 19.2 Å². The predicted octanol–water partition coefficient (Wildman–Crippen LogP) is 5.03. The van der Waals surface area contributed by atoms with E-state index in [0.29, 0.717) is 16.9 Å². The van der Waals surface area contributed by atoms with Crippen molar-refractivity contribution < 1.29 is 19.1 Å². The van der Waals surface area contributed by atoms with Gasteiger partial charge >= 0.3 is 0 Å². The molecule has 5 heteroatoms. The lowest BCUT2D eigenvalue weighted by atomic mass is 9.64. The molecule has 1 spiro atoms. The van der Waals surface area contributed by atoms with E-state index >= 15 is 0 Å². The number of hydrogen-bond acceptors (Lipinski definition) is 5. The third-order valence-corrected chi connectivity index (χ3v) is 7.85. The van der Waals surface area contributed by atoms with Crippen molar-refractivity contribution in [3.63, 3.8) is 0 Å². The number of aryl methyl sites for hydroxylation is 1. The molecule has 2 heterocycles. The summed E-state index contributed by atoms with van der Waals surface area (Å²) in [5.41, 5.74) is 3.11. The SMILES string of the molecule is COc1ccc([C@H]2[C@H](C(C)=O)N3c4cc(C)ccc4C=CC3C23C(=O)c2ccccc2C3=O)cc1. The molecule has 0 N–H and O–H groups in total. The van der Waals surface area contributed by atoms with Gasteiger partial charge in [0.2, 0.25) is 0 Å². The van der Waals surface area contributed by atoms with E-state index in [1.807, 2.05) is 66.4 Å². The van der Waals surface area contributed by atoms with Gasteiger partial charge in [0.1, 0.15) is 11.2 Å². The van der Waals surface area contributed by atoms with Gasteiger partial charge in [-0.2, -0.15) is 0 Å². The Morgan fingerprint density at radius 2 is 1.60 bits per heavy atom. The van der Waals surface area contributed by atoms with E-state index < -0.39 is 23.4 Å². The maximum atomic E-state index is 14.3. The first-order valence-corrected chi connectivity index (χ1v) is 11.8. The Bertz CT molecular complexity index is 1400. The molecular formula is C30H25NO4. The number of methoxy groups -OCH3 is 1. The lowest BCUT2D eigenvalue weighted by Gasteiger charge is -2.37. The largest absolute Gasteiger partial charge is 0.497 e. The van der Waals surface area contributed by atoms with Crippen LogP contribution in [0.3, 0.4) is 0 Å². The molecule has 3 aliphatic rings. The second kappa shape index (κ2) is 7.51. The minimum absolute atomic E-state index is 0.0768. The molecule has 1 saturated heterocycles. The zero-order valence-electron chi connectivity index (χ0n) is 19.8. The molecule has 0 saturated carbocycles. The molecule has 174 valence electrons. The standard InChI is InChI=1S/C30H25NO4/c1-17-8-9-19-12-15-25-30(28(33)22-6-4-5-7-23(22)29(30)34)26(20-10-13-21(35-3)14-11-20)27(18(2)32)31(25)24(19)16-17/h4-16,25-27H,1-3H3/t25?,26-,27-/m0/s1. The highest BCUT2D eigenvalue weighted by Crippen LogP contribution is 2.60. The van der Waals surface area contributed by atoms with E-state index in [1.54, 1.807) is 38.3 Å². The Morgan fingerprint density at radius 1 is 0.943 bits per heavy atom. The van der Waals surface area contributed by atoms with Crippen LogP contribution in [0.2, 0.25) is 0 Å². The number of nitrogens with zero attached hydrogens (tertiary/aromatic N) is 1. The van der Waals surface area contributed by atoms with E-state index in [1.165, 1.54) is 0 Å². The molecule has 2 aliphatic heterocycles. The van der Waals surface area contributed by atoms with E-state index in [0.717, 1.165) is 22.4 Å². The van der Waals surface area contributed by atoms with Crippen LogP contribution in [0.5, 0.6) is 5.75 Å². The van der Waals surface area contributed by atoms with Gasteiger partial charge in [0, 0.05) is 22.7 Å². The Hall–Kier alpha value is -3.99. The fourth-order valence-electron chi connectivity index (χ4n) is 6.41. The molecule has 0 amide bonds. The van der Waals surface area contributed by atoms with Crippen LogP contribution < -0.4 is 9.64 Å². The van der Waals surface area contributed by atoms with Crippen LogP contribution in [0.1, 0.15) is 50.2 Å². The summed E-state index contributed by atoms with van der Waals surface area (Å²) in [7, 11) is 1.59. The van der Waals surface area contributed by atoms with Crippen molar-refractivity contribution >= 4 is 29.1 Å². The number of hydrogen-bond donors (Lipinski definition) is 0. The quantitative estimate of drug-likeness (QED) is 0.510. The summed E-state index contributed by atoms with van der Waals surface area (Å²) in [5.74, 6) is -0.477. The molecule has 35 heavy (non-hydrogen) atoms. The first-order valence-electron chi connectivity index (χ1n) is 11.8. The summed E-state index contributed by atoms with van der Waals surface area (Å²) in [6.45, 7) is 3.56. The second-order valence-corrected chi connectivity index (χ2v) is 9.65. The van der Waals surface area contributed by atoms with Gasteiger partial charge in [-0.05, 0) is 48.7 Å². The highest BCUT2D eigenvalue weighted by molar-refractivity contribution is 6.32. The monoisotopic (exact) mass is 463 g/mol. The molecule has 1 aliphatic carbocycles. The van der Waals surface area contributed by atoms with Crippen LogP contribution in [0.4, 0.5) is 5.69 Å². The zero-order valence-corrected chi connectivity index (χ0v) is 19.8. The van der Waals surface area contributed by atoms with Gasteiger partial charge < -0.3 is 9.64 Å². The smallest absolute Gasteiger partial charge is 0.180 e. The van der Waals surface area contributed by atoms with Crippen molar-refractivity contribution in [3.8, 4) is 5.75 Å². The van der Waals surface area contributed by atoms with Crippen molar-refractivity contribution in [2.24, 2.45) is 5.41 Å². The van der Waals surface area contributed by atoms with Gasteiger partial charge in [-0.3, -0.25) is 14.4 Å². The first-order chi connectivity index (χ1) is 16.9. The molecule has 6 rings (SSSR count). The first kappa shape index (κ1) is 21.5. The molecule has 1 fully saturated rings. The fraction of sp³-hybridized carbons (Fsp3) is 0.233. The summed E-state index contributed by atoms with van der Waals surface area (Å²) in [5, 5.41) is 0. The van der Waals surface area contributed by atoms with Crippen LogP contribution >= 0.6 is 0 Å². The minimum Gasteiger partial charge on any atom is -0.497 e. The van der Waals surface area contributed by atoms with Gasteiger partial charge in [-0.1, -0.05) is 60.7 Å². The Balaban J connectivity index is 1.67. The van der Waals surface area contributed by atoms with Crippen LogP contribution in [-0.4, -0.2) is 36.5 Å². The number of fused-ring (bicyclic) bond motifs is 5. The molecular weight excluding hydrogens is 438 g/mol. The minimum atomic E-state index is -1.44. The lowest BCUT2D eigenvalue weighted by Crippen LogP contribution is -2.48. The normalized spacial score (nSPS) is 23.3. The van der Waals surface area contributed by atoms with Crippen molar-refractivity contribution in [1.82, 2.24) is 0 Å². The van der Waals surface area contributed by atoms with Crippen LogP contribution in [0, 0.1) is 12.3 Å². The van der Waals surface area contributed by atoms with E-state index in [-0.39, 0.29) is 17.3 Å². The lowest BCUT2D eigenvalue weighted by molar-refractivity contribution is -0.118. The zero-order chi connectivity index (χ0) is 24.5. The molecule has 0 bridgehead atoms. The average Bonchev–Trinajstić information content (AvgIpc) is 3.31. The number of ether oxygens (including phenoxy) is 1. The van der Waals surface area contributed by atoms with Crippen LogP contribution in [0.15, 0.2) is 72.8 Å². The number of anilines is 1. The Morgan fingerprint density at radius 3 is 2.20 bits per heavy atom. The summed E-state index contributed by atoms with van der Waals surface area (Å²) in [6, 6.07) is 19.3. The van der Waals surface area contributed by atoms with Crippen LogP contribution in [-0.2, 0) is 4.79 Å². The van der Waals surface area contributed by atoms with Crippen molar-refractivity contribution in [2.45, 2.75) is 31.8 Å². The van der Waals surface area contributed by atoms with Gasteiger partial charge in [-0.15, -0.1) is 0 Å². The number of carbonyl (C=O) groups excluding carboxylic acids is 3. The summed E-state index contributed by atoms with van der Waals surface area (Å²) < 4.78 is 5.35. The predicted molar refractivity (Wildman–Crippen MR) is 134 cm³/mol. The van der Waals surface area contributed by atoms with Gasteiger partial charge in [-0.25, -0.2) is 0 Å². The molecule has 3 aromatic rings. The molecule has 3 aromatic carbocycles.